The molecule has 0 bridgehead atoms. The van der Waals surface area contributed by atoms with Gasteiger partial charge in [-0.1, -0.05) is 61.5 Å². The molecular weight excluding hydrogens is 306 g/mol. The molecule has 3 nitrogen and oxygen atoms in total. The molecule has 1 aromatic heterocycles. The number of nitrogens with one attached hydrogen (secondary N) is 1. The highest BCUT2D eigenvalue weighted by molar-refractivity contribution is 6.03. The van der Waals surface area contributed by atoms with Gasteiger partial charge in [-0.25, -0.2) is 4.68 Å². The van der Waals surface area contributed by atoms with Gasteiger partial charge in [0, 0.05) is 17.8 Å². The van der Waals surface area contributed by atoms with E-state index in [2.05, 4.69) is 66.8 Å². The van der Waals surface area contributed by atoms with E-state index in [1.807, 2.05) is 28.9 Å². The van der Waals surface area contributed by atoms with Crippen molar-refractivity contribution in [1.82, 2.24) is 9.78 Å². The van der Waals surface area contributed by atoms with Crippen LogP contribution in [0.4, 0.5) is 5.69 Å². The van der Waals surface area contributed by atoms with Crippen LogP contribution in [-0.2, 0) is 0 Å². The van der Waals surface area contributed by atoms with Crippen LogP contribution >= 0.6 is 0 Å². The maximum absolute atomic E-state index is 4.98. The maximum atomic E-state index is 4.98. The standard InChI is InChI=1S/C22H21N3/c1-2-16-23-19-14-9-15-20-21(19)22(17-10-5-3-6-11-17)24-25(20)18-12-7-4-8-13-18/h3-15,23H,2,16H2,1H3. The zero-order valence-electron chi connectivity index (χ0n) is 14.3. The fourth-order valence-electron chi connectivity index (χ4n) is 3.14. The summed E-state index contributed by atoms with van der Waals surface area (Å²) in [6.45, 7) is 3.13. The summed E-state index contributed by atoms with van der Waals surface area (Å²) in [4.78, 5) is 0. The summed E-state index contributed by atoms with van der Waals surface area (Å²) in [6.07, 6.45) is 1.09. The first-order valence-electron chi connectivity index (χ1n) is 8.75. The smallest absolute Gasteiger partial charge is 0.103 e. The van der Waals surface area contributed by atoms with Crippen molar-refractivity contribution in [2.24, 2.45) is 0 Å². The Balaban J connectivity index is 1.99. The highest BCUT2D eigenvalue weighted by atomic mass is 15.3. The molecule has 0 saturated heterocycles. The molecule has 4 aromatic rings. The van der Waals surface area contributed by atoms with Gasteiger partial charge in [-0.3, -0.25) is 0 Å². The fourth-order valence-corrected chi connectivity index (χ4v) is 3.14. The van der Waals surface area contributed by atoms with Gasteiger partial charge in [-0.05, 0) is 30.7 Å². The Hall–Kier alpha value is -3.07. The molecule has 0 aliphatic rings. The molecular formula is C22H21N3. The maximum Gasteiger partial charge on any atom is 0.103 e. The zero-order chi connectivity index (χ0) is 17.1. The third kappa shape index (κ3) is 2.89. The minimum atomic E-state index is 0.948. The molecule has 1 heterocycles. The van der Waals surface area contributed by atoms with E-state index in [9.17, 15) is 0 Å². The average molecular weight is 327 g/mol. The molecule has 1 N–H and O–H groups in total. The van der Waals surface area contributed by atoms with Crippen LogP contribution in [-0.4, -0.2) is 16.3 Å². The lowest BCUT2D eigenvalue weighted by molar-refractivity contribution is 0.915. The molecule has 0 saturated carbocycles. The summed E-state index contributed by atoms with van der Waals surface area (Å²) in [7, 11) is 0. The van der Waals surface area contributed by atoms with E-state index in [-0.39, 0.29) is 0 Å². The quantitative estimate of drug-likeness (QED) is 0.523. The predicted molar refractivity (Wildman–Crippen MR) is 105 cm³/mol. The Bertz CT molecular complexity index is 972. The van der Waals surface area contributed by atoms with Crippen LogP contribution in [0.2, 0.25) is 0 Å². The van der Waals surface area contributed by atoms with Crippen LogP contribution in [0.15, 0.2) is 78.9 Å². The Kier molecular flexibility index (Phi) is 4.21. The lowest BCUT2D eigenvalue weighted by Crippen LogP contribution is -2.00. The Morgan fingerprint density at radius 1 is 0.840 bits per heavy atom. The second-order valence-electron chi connectivity index (χ2n) is 6.09. The summed E-state index contributed by atoms with van der Waals surface area (Å²) in [5.74, 6) is 0. The normalized spacial score (nSPS) is 10.9. The van der Waals surface area contributed by atoms with E-state index in [1.165, 1.54) is 5.39 Å². The van der Waals surface area contributed by atoms with Gasteiger partial charge < -0.3 is 5.32 Å². The molecule has 0 unspecified atom stereocenters. The van der Waals surface area contributed by atoms with Crippen molar-refractivity contribution < 1.29 is 0 Å². The molecule has 0 aliphatic carbocycles. The topological polar surface area (TPSA) is 29.9 Å². The molecule has 0 radical (unpaired) electrons. The van der Waals surface area contributed by atoms with Gasteiger partial charge in [0.2, 0.25) is 0 Å². The Morgan fingerprint density at radius 2 is 1.56 bits per heavy atom. The molecule has 3 heteroatoms. The monoisotopic (exact) mass is 327 g/mol. The number of hydrogen-bond acceptors (Lipinski definition) is 2. The van der Waals surface area contributed by atoms with E-state index in [0.29, 0.717) is 0 Å². The highest BCUT2D eigenvalue weighted by Gasteiger charge is 2.16. The van der Waals surface area contributed by atoms with Gasteiger partial charge in [0.25, 0.3) is 0 Å². The van der Waals surface area contributed by atoms with E-state index >= 15 is 0 Å². The van der Waals surface area contributed by atoms with Gasteiger partial charge >= 0.3 is 0 Å². The third-order valence-electron chi connectivity index (χ3n) is 4.32. The largest absolute Gasteiger partial charge is 0.384 e. The number of fused-ring (bicyclic) bond motifs is 1. The van der Waals surface area contributed by atoms with Crippen LogP contribution in [0.3, 0.4) is 0 Å². The van der Waals surface area contributed by atoms with Gasteiger partial charge in [-0.2, -0.15) is 5.10 Å². The number of benzene rings is 3. The van der Waals surface area contributed by atoms with Crippen LogP contribution in [0.1, 0.15) is 13.3 Å². The van der Waals surface area contributed by atoms with Crippen LogP contribution in [0, 0.1) is 0 Å². The molecule has 0 fully saturated rings. The molecule has 3 aromatic carbocycles. The van der Waals surface area contributed by atoms with E-state index in [1.54, 1.807) is 0 Å². The SMILES string of the molecule is CCCNc1cccc2c1c(-c1ccccc1)nn2-c1ccccc1. The van der Waals surface area contributed by atoms with Crippen molar-refractivity contribution in [2.45, 2.75) is 13.3 Å². The lowest BCUT2D eigenvalue weighted by atomic mass is 10.1. The predicted octanol–water partition coefficient (Wildman–Crippen LogP) is 5.51. The van der Waals surface area contributed by atoms with E-state index in [4.69, 9.17) is 5.10 Å². The molecule has 0 atom stereocenters. The van der Waals surface area contributed by atoms with Crippen molar-refractivity contribution in [1.29, 1.82) is 0 Å². The number of hydrogen-bond donors (Lipinski definition) is 1. The van der Waals surface area contributed by atoms with E-state index < -0.39 is 0 Å². The van der Waals surface area contributed by atoms with Crippen molar-refractivity contribution in [3.63, 3.8) is 0 Å². The van der Waals surface area contributed by atoms with Crippen LogP contribution < -0.4 is 5.32 Å². The first-order chi connectivity index (χ1) is 12.4. The first-order valence-corrected chi connectivity index (χ1v) is 8.75. The van der Waals surface area contributed by atoms with Crippen LogP contribution in [0.25, 0.3) is 27.8 Å². The summed E-state index contributed by atoms with van der Waals surface area (Å²) >= 11 is 0. The highest BCUT2D eigenvalue weighted by Crippen LogP contribution is 2.34. The molecule has 0 aliphatic heterocycles. The van der Waals surface area contributed by atoms with Gasteiger partial charge in [-0.15, -0.1) is 0 Å². The number of nitrogens with zero attached hydrogens (tertiary/aromatic N) is 2. The zero-order valence-corrected chi connectivity index (χ0v) is 14.3. The fraction of sp³-hybridized carbons (Fsp3) is 0.136. The number of anilines is 1. The van der Waals surface area contributed by atoms with Crippen molar-refractivity contribution in [3.05, 3.63) is 78.9 Å². The van der Waals surface area contributed by atoms with Crippen LogP contribution in [0.5, 0.6) is 0 Å². The van der Waals surface area contributed by atoms with Crippen molar-refractivity contribution in [2.75, 3.05) is 11.9 Å². The third-order valence-corrected chi connectivity index (χ3v) is 4.32. The Labute approximate surface area is 147 Å². The summed E-state index contributed by atoms with van der Waals surface area (Å²) < 4.78 is 2.04. The molecule has 124 valence electrons. The average Bonchev–Trinajstić information content (AvgIpc) is 3.08. The first kappa shape index (κ1) is 15.5. The Morgan fingerprint density at radius 3 is 2.28 bits per heavy atom. The van der Waals surface area contributed by atoms with E-state index in [0.717, 1.165) is 41.1 Å². The molecule has 0 amide bonds. The van der Waals surface area contributed by atoms with Crippen molar-refractivity contribution >= 4 is 16.6 Å². The van der Waals surface area contributed by atoms with Crippen molar-refractivity contribution in [3.8, 4) is 16.9 Å². The summed E-state index contributed by atoms with van der Waals surface area (Å²) in [5, 5.41) is 9.71. The molecule has 25 heavy (non-hydrogen) atoms. The van der Waals surface area contributed by atoms with Gasteiger partial charge in [0.15, 0.2) is 0 Å². The molecule has 4 rings (SSSR count). The molecule has 0 spiro atoms. The summed E-state index contributed by atoms with van der Waals surface area (Å²) in [5.41, 5.74) is 5.47. The van der Waals surface area contributed by atoms with Gasteiger partial charge in [0.1, 0.15) is 5.69 Å². The van der Waals surface area contributed by atoms with Gasteiger partial charge in [0.05, 0.1) is 16.6 Å². The lowest BCUT2D eigenvalue weighted by Gasteiger charge is -2.08. The number of rotatable bonds is 5. The number of para-hydroxylation sites is 1. The minimum Gasteiger partial charge on any atom is -0.384 e. The minimum absolute atomic E-state index is 0.948. The second kappa shape index (κ2) is 6.81. The summed E-state index contributed by atoms with van der Waals surface area (Å²) in [6, 6.07) is 27.1. The second-order valence-corrected chi connectivity index (χ2v) is 6.09. The number of aromatic nitrogens is 2.